The van der Waals surface area contributed by atoms with Crippen molar-refractivity contribution in [3.8, 4) is 11.3 Å². The summed E-state index contributed by atoms with van der Waals surface area (Å²) in [4.78, 5) is 42.0. The van der Waals surface area contributed by atoms with Crippen LogP contribution in [-0.2, 0) is 4.79 Å². The molecule has 1 heterocycles. The topological polar surface area (TPSA) is 100 Å². The van der Waals surface area contributed by atoms with Gasteiger partial charge < -0.3 is 5.32 Å². The molecular formula is C25H18Cl2N4O3. The lowest BCUT2D eigenvalue weighted by Crippen LogP contribution is -2.46. The molecule has 4 aromatic rings. The molecule has 3 aromatic carbocycles. The van der Waals surface area contributed by atoms with Gasteiger partial charge >= 0.3 is 0 Å². The molecule has 0 radical (unpaired) electrons. The first-order valence-electron chi connectivity index (χ1n) is 10.2. The average Bonchev–Trinajstić information content (AvgIpc) is 2.85. The zero-order chi connectivity index (χ0) is 24.1. The van der Waals surface area contributed by atoms with E-state index in [-0.39, 0.29) is 17.1 Å². The van der Waals surface area contributed by atoms with Crippen LogP contribution >= 0.6 is 23.2 Å². The molecule has 0 aliphatic rings. The van der Waals surface area contributed by atoms with Gasteiger partial charge in [0.1, 0.15) is 0 Å². The number of aromatic nitrogens is 1. The molecule has 3 amide bonds. The highest BCUT2D eigenvalue weighted by molar-refractivity contribution is 6.34. The first-order chi connectivity index (χ1) is 16.4. The van der Waals surface area contributed by atoms with Crippen LogP contribution < -0.4 is 16.2 Å². The Labute approximate surface area is 205 Å². The number of pyridine rings is 1. The Balaban J connectivity index is 1.47. The minimum Gasteiger partial charge on any atom is -0.343 e. The van der Waals surface area contributed by atoms with Gasteiger partial charge in [-0.25, -0.2) is 4.98 Å². The quantitative estimate of drug-likeness (QED) is 0.359. The molecule has 9 heteroatoms. The molecule has 34 heavy (non-hydrogen) atoms. The van der Waals surface area contributed by atoms with Crippen LogP contribution in [0, 0.1) is 0 Å². The highest BCUT2D eigenvalue weighted by atomic mass is 35.5. The van der Waals surface area contributed by atoms with Crippen molar-refractivity contribution in [2.75, 3.05) is 6.54 Å². The predicted octanol–water partition coefficient (Wildman–Crippen LogP) is 4.40. The summed E-state index contributed by atoms with van der Waals surface area (Å²) in [5, 5.41) is 3.84. The maximum absolute atomic E-state index is 12.9. The number of carbonyl (C=O) groups is 3. The number of halogens is 2. The van der Waals surface area contributed by atoms with Crippen LogP contribution in [0.1, 0.15) is 20.7 Å². The van der Waals surface area contributed by atoms with Crippen LogP contribution in [-0.4, -0.2) is 29.3 Å². The third kappa shape index (κ3) is 5.17. The van der Waals surface area contributed by atoms with Crippen molar-refractivity contribution < 1.29 is 14.4 Å². The summed E-state index contributed by atoms with van der Waals surface area (Å²) < 4.78 is 0. The third-order valence-electron chi connectivity index (χ3n) is 4.95. The largest absolute Gasteiger partial charge is 0.343 e. The number of amides is 3. The number of benzene rings is 3. The van der Waals surface area contributed by atoms with E-state index in [1.54, 1.807) is 60.7 Å². The lowest BCUT2D eigenvalue weighted by molar-refractivity contribution is -0.120. The van der Waals surface area contributed by atoms with Gasteiger partial charge in [-0.1, -0.05) is 71.7 Å². The number of hydrogen-bond donors (Lipinski definition) is 3. The van der Waals surface area contributed by atoms with Gasteiger partial charge in [-0.3, -0.25) is 25.2 Å². The van der Waals surface area contributed by atoms with Crippen LogP contribution in [0.15, 0.2) is 78.9 Å². The number of hydrazine groups is 1. The van der Waals surface area contributed by atoms with Gasteiger partial charge in [0, 0.05) is 16.0 Å². The lowest BCUT2D eigenvalue weighted by Gasteiger charge is -2.12. The number of carbonyl (C=O) groups excluding carboxylic acids is 3. The summed E-state index contributed by atoms with van der Waals surface area (Å²) >= 11 is 12.3. The minimum atomic E-state index is -0.613. The fraction of sp³-hybridized carbons (Fsp3) is 0.0400. The van der Waals surface area contributed by atoms with Crippen molar-refractivity contribution in [3.05, 3.63) is 100 Å². The molecular weight excluding hydrogens is 475 g/mol. The number of hydrogen-bond acceptors (Lipinski definition) is 4. The Morgan fingerprint density at radius 3 is 2.18 bits per heavy atom. The maximum Gasteiger partial charge on any atom is 0.270 e. The van der Waals surface area contributed by atoms with Gasteiger partial charge in [-0.05, 0) is 30.3 Å². The van der Waals surface area contributed by atoms with E-state index in [4.69, 9.17) is 23.2 Å². The fourth-order valence-corrected chi connectivity index (χ4v) is 3.76. The molecule has 0 saturated heterocycles. The van der Waals surface area contributed by atoms with Gasteiger partial charge in [0.2, 0.25) is 0 Å². The number of rotatable bonds is 5. The average molecular weight is 493 g/mol. The van der Waals surface area contributed by atoms with Crippen molar-refractivity contribution in [1.82, 2.24) is 21.2 Å². The van der Waals surface area contributed by atoms with Crippen LogP contribution in [0.25, 0.3) is 22.2 Å². The van der Waals surface area contributed by atoms with Gasteiger partial charge in [-0.2, -0.15) is 0 Å². The molecule has 1 aromatic heterocycles. The van der Waals surface area contributed by atoms with Crippen LogP contribution in [0.4, 0.5) is 0 Å². The number of fused-ring (bicyclic) bond motifs is 1. The zero-order valence-corrected chi connectivity index (χ0v) is 19.2. The third-order valence-corrected chi connectivity index (χ3v) is 5.61. The second-order valence-electron chi connectivity index (χ2n) is 7.22. The standard InChI is InChI=1S/C25H18Cl2N4O3/c26-19-10-4-1-8-16(19)22-13-18(15-7-3-6-12-21(15)29-22)25(34)31-30-23(32)14-28-24(33)17-9-2-5-11-20(17)27/h1-13H,14H2,(H,28,33)(H,30,32)(H,31,34). The van der Waals surface area contributed by atoms with Crippen LogP contribution in [0.5, 0.6) is 0 Å². The van der Waals surface area contributed by atoms with E-state index in [9.17, 15) is 14.4 Å². The number of nitrogens with zero attached hydrogens (tertiary/aromatic N) is 1. The lowest BCUT2D eigenvalue weighted by atomic mass is 10.0. The van der Waals surface area contributed by atoms with E-state index in [1.807, 2.05) is 18.2 Å². The molecule has 0 unspecified atom stereocenters. The zero-order valence-electron chi connectivity index (χ0n) is 17.6. The fourth-order valence-electron chi connectivity index (χ4n) is 3.31. The number of nitrogens with one attached hydrogen (secondary N) is 3. The first-order valence-corrected chi connectivity index (χ1v) is 11.0. The van der Waals surface area contributed by atoms with Crippen LogP contribution in [0.3, 0.4) is 0 Å². The minimum absolute atomic E-state index is 0.247. The number of para-hydroxylation sites is 1. The van der Waals surface area contributed by atoms with Crippen molar-refractivity contribution in [3.63, 3.8) is 0 Å². The molecule has 0 bridgehead atoms. The van der Waals surface area contributed by atoms with Gasteiger partial charge in [0.25, 0.3) is 17.7 Å². The Bertz CT molecular complexity index is 1410. The highest BCUT2D eigenvalue weighted by Gasteiger charge is 2.16. The summed E-state index contributed by atoms with van der Waals surface area (Å²) in [7, 11) is 0. The molecule has 170 valence electrons. The van der Waals surface area contributed by atoms with Crippen molar-refractivity contribution in [2.24, 2.45) is 0 Å². The van der Waals surface area contributed by atoms with Crippen LogP contribution in [0.2, 0.25) is 10.0 Å². The summed E-state index contributed by atoms with van der Waals surface area (Å²) in [6, 6.07) is 22.4. The Hall–Kier alpha value is -3.94. The molecule has 0 aliphatic heterocycles. The molecule has 0 saturated carbocycles. The second kappa shape index (κ2) is 10.3. The van der Waals surface area contributed by atoms with Crippen molar-refractivity contribution in [1.29, 1.82) is 0 Å². The van der Waals surface area contributed by atoms with E-state index >= 15 is 0 Å². The molecule has 0 spiro atoms. The van der Waals surface area contributed by atoms with E-state index in [0.717, 1.165) is 0 Å². The van der Waals surface area contributed by atoms with Gasteiger partial charge in [0.05, 0.1) is 33.9 Å². The normalized spacial score (nSPS) is 10.5. The molecule has 3 N–H and O–H groups in total. The summed E-state index contributed by atoms with van der Waals surface area (Å²) in [5.41, 5.74) is 7.04. The van der Waals surface area contributed by atoms with E-state index in [2.05, 4.69) is 21.2 Å². The smallest absolute Gasteiger partial charge is 0.270 e. The first kappa shape index (κ1) is 23.2. The van der Waals surface area contributed by atoms with E-state index in [0.29, 0.717) is 32.7 Å². The Kier molecular flexibility index (Phi) is 7.06. The summed E-state index contributed by atoms with van der Waals surface area (Å²) in [6.45, 7) is -0.355. The van der Waals surface area contributed by atoms with Gasteiger partial charge in [-0.15, -0.1) is 0 Å². The Morgan fingerprint density at radius 1 is 0.735 bits per heavy atom. The highest BCUT2D eigenvalue weighted by Crippen LogP contribution is 2.29. The molecule has 0 atom stereocenters. The SMILES string of the molecule is O=C(CNC(=O)c1ccccc1Cl)NNC(=O)c1cc(-c2ccccc2Cl)nc2ccccc12. The Morgan fingerprint density at radius 2 is 1.41 bits per heavy atom. The second-order valence-corrected chi connectivity index (χ2v) is 8.03. The maximum atomic E-state index is 12.9. The van der Waals surface area contributed by atoms with Crippen molar-refractivity contribution >= 4 is 51.8 Å². The van der Waals surface area contributed by atoms with Gasteiger partial charge in [0.15, 0.2) is 0 Å². The monoisotopic (exact) mass is 492 g/mol. The van der Waals surface area contributed by atoms with E-state index in [1.165, 1.54) is 0 Å². The molecule has 7 nitrogen and oxygen atoms in total. The predicted molar refractivity (Wildman–Crippen MR) is 132 cm³/mol. The molecule has 4 rings (SSSR count). The van der Waals surface area contributed by atoms with E-state index < -0.39 is 17.7 Å². The summed E-state index contributed by atoms with van der Waals surface area (Å²) in [5.74, 6) is -1.66. The molecule has 0 aliphatic carbocycles. The summed E-state index contributed by atoms with van der Waals surface area (Å²) in [6.07, 6.45) is 0. The molecule has 0 fully saturated rings. The van der Waals surface area contributed by atoms with Crippen molar-refractivity contribution in [2.45, 2.75) is 0 Å².